The van der Waals surface area contributed by atoms with Crippen LogP contribution in [-0.2, 0) is 17.3 Å². The highest BCUT2D eigenvalue weighted by atomic mass is 35.5. The number of benzene rings is 1. The number of anilines is 1. The zero-order valence-electron chi connectivity index (χ0n) is 9.29. The van der Waals surface area contributed by atoms with Crippen molar-refractivity contribution in [1.82, 2.24) is 4.90 Å². The second-order valence-corrected chi connectivity index (χ2v) is 6.61. The van der Waals surface area contributed by atoms with Crippen molar-refractivity contribution < 1.29 is 4.21 Å². The molecule has 0 amide bonds. The summed E-state index contributed by atoms with van der Waals surface area (Å²) < 4.78 is 11.2. The van der Waals surface area contributed by atoms with Gasteiger partial charge in [0.25, 0.3) is 0 Å². The Kier molecular flexibility index (Phi) is 4.31. The van der Waals surface area contributed by atoms with Gasteiger partial charge in [0, 0.05) is 41.9 Å². The predicted molar refractivity (Wildman–Crippen MR) is 74.0 cm³/mol. The summed E-state index contributed by atoms with van der Waals surface area (Å²) in [6.07, 6.45) is 0. The number of halogens is 2. The van der Waals surface area contributed by atoms with Crippen molar-refractivity contribution in [1.29, 1.82) is 0 Å². The summed E-state index contributed by atoms with van der Waals surface area (Å²) in [5, 5.41) is 0.987. The summed E-state index contributed by atoms with van der Waals surface area (Å²) in [5.41, 5.74) is 7.16. The molecular formula is C11H14Cl2N2OS. The van der Waals surface area contributed by atoms with Crippen LogP contribution in [0.3, 0.4) is 0 Å². The van der Waals surface area contributed by atoms with Crippen molar-refractivity contribution >= 4 is 39.7 Å². The van der Waals surface area contributed by atoms with Gasteiger partial charge < -0.3 is 5.73 Å². The van der Waals surface area contributed by atoms with E-state index in [9.17, 15) is 4.21 Å². The summed E-state index contributed by atoms with van der Waals surface area (Å²) in [5.74, 6) is 1.49. The smallest absolute Gasteiger partial charge is 0.0693 e. The largest absolute Gasteiger partial charge is 0.396 e. The van der Waals surface area contributed by atoms with E-state index in [2.05, 4.69) is 4.90 Å². The molecule has 1 heterocycles. The first kappa shape index (κ1) is 13.1. The van der Waals surface area contributed by atoms with Crippen LogP contribution in [0.15, 0.2) is 12.1 Å². The Labute approximate surface area is 113 Å². The van der Waals surface area contributed by atoms with Gasteiger partial charge in [0.1, 0.15) is 0 Å². The molecule has 1 aromatic carbocycles. The number of hydrogen-bond acceptors (Lipinski definition) is 3. The van der Waals surface area contributed by atoms with Crippen LogP contribution in [0.4, 0.5) is 5.69 Å². The Morgan fingerprint density at radius 1 is 1.24 bits per heavy atom. The molecule has 3 nitrogen and oxygen atoms in total. The van der Waals surface area contributed by atoms with E-state index < -0.39 is 10.8 Å². The zero-order valence-corrected chi connectivity index (χ0v) is 11.6. The Balaban J connectivity index is 2.06. The van der Waals surface area contributed by atoms with Crippen molar-refractivity contribution in [2.45, 2.75) is 6.54 Å². The van der Waals surface area contributed by atoms with E-state index in [4.69, 9.17) is 28.9 Å². The fourth-order valence-electron chi connectivity index (χ4n) is 1.82. The molecule has 2 N–H and O–H groups in total. The number of rotatable bonds is 2. The monoisotopic (exact) mass is 292 g/mol. The molecule has 6 heteroatoms. The Morgan fingerprint density at radius 2 is 1.76 bits per heavy atom. The molecular weight excluding hydrogens is 279 g/mol. The second-order valence-electron chi connectivity index (χ2n) is 4.10. The molecule has 0 atom stereocenters. The van der Waals surface area contributed by atoms with Crippen molar-refractivity contribution in [3.63, 3.8) is 0 Å². The average molecular weight is 293 g/mol. The number of nitrogens with zero attached hydrogens (tertiary/aromatic N) is 1. The summed E-state index contributed by atoms with van der Waals surface area (Å²) in [4.78, 5) is 2.25. The third-order valence-corrected chi connectivity index (χ3v) is 4.72. The molecule has 0 bridgehead atoms. The minimum absolute atomic E-state index is 0.428. The van der Waals surface area contributed by atoms with Crippen molar-refractivity contribution in [3.05, 3.63) is 27.7 Å². The van der Waals surface area contributed by atoms with Gasteiger partial charge in [0.05, 0.1) is 15.7 Å². The number of nitrogen functional groups attached to an aromatic ring is 1. The molecule has 94 valence electrons. The second kappa shape index (κ2) is 5.57. The Morgan fingerprint density at radius 3 is 2.29 bits per heavy atom. The SMILES string of the molecule is Nc1c(Cl)cc(CN2CCS(=O)CC2)cc1Cl. The molecule has 2 rings (SSSR count). The van der Waals surface area contributed by atoms with Crippen LogP contribution in [0.5, 0.6) is 0 Å². The molecule has 1 fully saturated rings. The summed E-state index contributed by atoms with van der Waals surface area (Å²) >= 11 is 12.0. The van der Waals surface area contributed by atoms with Crippen LogP contribution in [-0.4, -0.2) is 33.7 Å². The maximum atomic E-state index is 11.2. The van der Waals surface area contributed by atoms with Crippen LogP contribution in [0.25, 0.3) is 0 Å². The highest BCUT2D eigenvalue weighted by Crippen LogP contribution is 2.29. The zero-order chi connectivity index (χ0) is 12.4. The van der Waals surface area contributed by atoms with Crippen molar-refractivity contribution in [3.8, 4) is 0 Å². The standard InChI is InChI=1S/C11H14Cl2N2OS/c12-9-5-8(6-10(13)11(9)14)7-15-1-3-17(16)4-2-15/h5-6H,1-4,7,14H2. The number of hydrogen-bond donors (Lipinski definition) is 1. The molecule has 0 aromatic heterocycles. The topological polar surface area (TPSA) is 46.3 Å². The third kappa shape index (κ3) is 3.35. The molecule has 1 aliphatic rings. The van der Waals surface area contributed by atoms with E-state index in [0.29, 0.717) is 15.7 Å². The fourth-order valence-corrected chi connectivity index (χ4v) is 3.48. The van der Waals surface area contributed by atoms with Gasteiger partial charge in [-0.05, 0) is 17.7 Å². The first-order valence-electron chi connectivity index (χ1n) is 5.37. The van der Waals surface area contributed by atoms with E-state index in [0.717, 1.165) is 36.7 Å². The highest BCUT2D eigenvalue weighted by molar-refractivity contribution is 7.85. The minimum atomic E-state index is -0.645. The van der Waals surface area contributed by atoms with Crippen LogP contribution in [0.1, 0.15) is 5.56 Å². The van der Waals surface area contributed by atoms with Gasteiger partial charge in [-0.25, -0.2) is 0 Å². The third-order valence-electron chi connectivity index (χ3n) is 2.82. The fraction of sp³-hybridized carbons (Fsp3) is 0.455. The van der Waals surface area contributed by atoms with Crippen LogP contribution in [0, 0.1) is 0 Å². The Hall–Kier alpha value is -0.290. The minimum Gasteiger partial charge on any atom is -0.396 e. The van der Waals surface area contributed by atoms with Gasteiger partial charge in [-0.1, -0.05) is 23.2 Å². The lowest BCUT2D eigenvalue weighted by Gasteiger charge is -2.26. The molecule has 1 saturated heterocycles. The van der Waals surface area contributed by atoms with Crippen molar-refractivity contribution in [2.75, 3.05) is 30.3 Å². The lowest BCUT2D eigenvalue weighted by molar-refractivity contribution is 0.291. The van der Waals surface area contributed by atoms with Gasteiger partial charge in [-0.2, -0.15) is 0 Å². The molecule has 0 radical (unpaired) electrons. The molecule has 1 aromatic rings. The van der Waals surface area contributed by atoms with Crippen LogP contribution >= 0.6 is 23.2 Å². The van der Waals surface area contributed by atoms with E-state index in [-0.39, 0.29) is 0 Å². The molecule has 0 spiro atoms. The average Bonchev–Trinajstić information content (AvgIpc) is 2.29. The van der Waals surface area contributed by atoms with E-state index >= 15 is 0 Å². The van der Waals surface area contributed by atoms with E-state index in [1.54, 1.807) is 0 Å². The summed E-state index contributed by atoms with van der Waals surface area (Å²) in [7, 11) is -0.645. The van der Waals surface area contributed by atoms with Crippen LogP contribution < -0.4 is 5.73 Å². The van der Waals surface area contributed by atoms with Crippen LogP contribution in [0.2, 0.25) is 10.0 Å². The molecule has 0 aliphatic carbocycles. The first-order valence-corrected chi connectivity index (χ1v) is 7.61. The quantitative estimate of drug-likeness (QED) is 0.850. The lowest BCUT2D eigenvalue weighted by atomic mass is 10.2. The van der Waals surface area contributed by atoms with Crippen molar-refractivity contribution in [2.24, 2.45) is 0 Å². The van der Waals surface area contributed by atoms with Gasteiger partial charge >= 0.3 is 0 Å². The first-order chi connectivity index (χ1) is 8.06. The maximum Gasteiger partial charge on any atom is 0.0693 e. The van der Waals surface area contributed by atoms with Gasteiger partial charge in [-0.15, -0.1) is 0 Å². The molecule has 0 saturated carbocycles. The van der Waals surface area contributed by atoms with Gasteiger partial charge in [-0.3, -0.25) is 9.11 Å². The summed E-state index contributed by atoms with van der Waals surface area (Å²) in [6.45, 7) is 2.48. The van der Waals surface area contributed by atoms with E-state index in [1.165, 1.54) is 0 Å². The lowest BCUT2D eigenvalue weighted by Crippen LogP contribution is -2.37. The highest BCUT2D eigenvalue weighted by Gasteiger charge is 2.16. The van der Waals surface area contributed by atoms with E-state index in [1.807, 2.05) is 12.1 Å². The summed E-state index contributed by atoms with van der Waals surface area (Å²) in [6, 6.07) is 3.68. The Bertz CT molecular complexity index is 420. The normalized spacial score (nSPS) is 18.5. The molecule has 0 unspecified atom stereocenters. The molecule has 1 aliphatic heterocycles. The number of nitrogens with two attached hydrogens (primary N) is 1. The predicted octanol–water partition coefficient (Wildman–Crippen LogP) is 2.14. The maximum absolute atomic E-state index is 11.2. The van der Waals surface area contributed by atoms with Gasteiger partial charge in [0.15, 0.2) is 0 Å². The molecule has 17 heavy (non-hydrogen) atoms. The van der Waals surface area contributed by atoms with Gasteiger partial charge in [0.2, 0.25) is 0 Å².